The molecule has 2 amide bonds. The molecule has 1 saturated carbocycles. The Morgan fingerprint density at radius 1 is 1.21 bits per heavy atom. The third kappa shape index (κ3) is 3.57. The molecule has 2 heterocycles. The number of carbonyl (C=O) groups excluding carboxylic acids is 3. The zero-order valence-corrected chi connectivity index (χ0v) is 16.3. The van der Waals surface area contributed by atoms with Gasteiger partial charge in [-0.15, -0.1) is 0 Å². The van der Waals surface area contributed by atoms with E-state index in [2.05, 4.69) is 10.2 Å². The summed E-state index contributed by atoms with van der Waals surface area (Å²) in [6, 6.07) is 7.94. The maximum atomic E-state index is 12.7. The molecule has 0 bridgehead atoms. The van der Waals surface area contributed by atoms with Gasteiger partial charge in [-0.25, -0.2) is 0 Å². The number of nitrogens with one attached hydrogen (secondary N) is 1. The van der Waals surface area contributed by atoms with Gasteiger partial charge in [-0.2, -0.15) is 0 Å². The zero-order chi connectivity index (χ0) is 19.7. The van der Waals surface area contributed by atoms with E-state index in [0.717, 1.165) is 37.4 Å². The molecule has 2 saturated heterocycles. The van der Waals surface area contributed by atoms with Crippen LogP contribution in [0.4, 0.5) is 5.69 Å². The van der Waals surface area contributed by atoms with Gasteiger partial charge >= 0.3 is 0 Å². The highest BCUT2D eigenvalue weighted by molar-refractivity contribution is 6.10. The van der Waals surface area contributed by atoms with Crippen LogP contribution >= 0.6 is 0 Å². The molecule has 1 atom stereocenters. The molecule has 1 aliphatic carbocycles. The number of Topliss-reactive ketones (excluding diaryl/α,β-unsaturated/α-hetero) is 1. The van der Waals surface area contributed by atoms with Crippen molar-refractivity contribution in [2.45, 2.75) is 37.6 Å². The molecule has 1 aromatic rings. The first-order valence-corrected chi connectivity index (χ1v) is 10.0. The van der Waals surface area contributed by atoms with Crippen LogP contribution in [0.5, 0.6) is 5.75 Å². The molecule has 0 aromatic heterocycles. The topological polar surface area (TPSA) is 79.0 Å². The van der Waals surface area contributed by atoms with Crippen molar-refractivity contribution in [1.82, 2.24) is 10.2 Å². The van der Waals surface area contributed by atoms with Crippen molar-refractivity contribution in [2.75, 3.05) is 38.2 Å². The quantitative estimate of drug-likeness (QED) is 0.748. The average Bonchev–Trinajstić information content (AvgIpc) is 3.52. The standard InChI is InChI=1S/C21H27N3O4/c1-28-17-4-2-3-16(13-17)23-9-11-24(12-10-23)20(27)7-8-21(15-5-6-15)18(25)14-19(26)22-21/h2-4,13,15H,5-12,14H2,1H3,(H,22,26). The number of benzene rings is 1. The third-order valence-electron chi connectivity index (χ3n) is 6.24. The van der Waals surface area contributed by atoms with Gasteiger partial charge in [0, 0.05) is 44.4 Å². The lowest BCUT2D eigenvalue weighted by Crippen LogP contribution is -2.51. The van der Waals surface area contributed by atoms with E-state index < -0.39 is 5.54 Å². The van der Waals surface area contributed by atoms with Crippen LogP contribution < -0.4 is 15.0 Å². The minimum absolute atomic E-state index is 0.0318. The van der Waals surface area contributed by atoms with Crippen molar-refractivity contribution in [3.8, 4) is 5.75 Å². The molecule has 1 N–H and O–H groups in total. The average molecular weight is 385 g/mol. The van der Waals surface area contributed by atoms with Gasteiger partial charge in [-0.3, -0.25) is 14.4 Å². The molecular formula is C21H27N3O4. The first-order valence-electron chi connectivity index (χ1n) is 10.0. The number of ketones is 1. The second-order valence-corrected chi connectivity index (χ2v) is 7.96. The van der Waals surface area contributed by atoms with Gasteiger partial charge in [0.1, 0.15) is 11.3 Å². The number of carbonyl (C=O) groups is 3. The van der Waals surface area contributed by atoms with E-state index in [4.69, 9.17) is 4.74 Å². The van der Waals surface area contributed by atoms with Crippen molar-refractivity contribution < 1.29 is 19.1 Å². The summed E-state index contributed by atoms with van der Waals surface area (Å²) in [5, 5.41) is 2.90. The lowest BCUT2D eigenvalue weighted by Gasteiger charge is -2.37. The second-order valence-electron chi connectivity index (χ2n) is 7.96. The fourth-order valence-corrected chi connectivity index (χ4v) is 4.46. The Bertz CT molecular complexity index is 784. The largest absolute Gasteiger partial charge is 0.497 e. The molecule has 1 unspecified atom stereocenters. The summed E-state index contributed by atoms with van der Waals surface area (Å²) in [5.41, 5.74) is 0.313. The zero-order valence-electron chi connectivity index (χ0n) is 16.3. The molecule has 3 fully saturated rings. The Morgan fingerprint density at radius 2 is 1.96 bits per heavy atom. The predicted octanol–water partition coefficient (Wildman–Crippen LogP) is 1.36. The second kappa shape index (κ2) is 7.45. The Labute approximate surface area is 165 Å². The third-order valence-corrected chi connectivity index (χ3v) is 6.24. The molecular weight excluding hydrogens is 358 g/mol. The monoisotopic (exact) mass is 385 g/mol. The molecule has 7 heteroatoms. The fraction of sp³-hybridized carbons (Fsp3) is 0.571. The maximum Gasteiger partial charge on any atom is 0.228 e. The number of hydrogen-bond acceptors (Lipinski definition) is 5. The molecule has 28 heavy (non-hydrogen) atoms. The number of ether oxygens (including phenoxy) is 1. The van der Waals surface area contributed by atoms with Crippen molar-refractivity contribution in [3.63, 3.8) is 0 Å². The van der Waals surface area contributed by atoms with Gasteiger partial charge in [0.15, 0.2) is 5.78 Å². The van der Waals surface area contributed by atoms with Crippen molar-refractivity contribution in [1.29, 1.82) is 0 Å². The smallest absolute Gasteiger partial charge is 0.228 e. The lowest BCUT2D eigenvalue weighted by atomic mass is 9.85. The summed E-state index contributed by atoms with van der Waals surface area (Å²) in [5.74, 6) is 0.875. The Balaban J connectivity index is 1.32. The van der Waals surface area contributed by atoms with Crippen LogP contribution in [-0.4, -0.2) is 61.3 Å². The van der Waals surface area contributed by atoms with Crippen LogP contribution in [0.25, 0.3) is 0 Å². The van der Waals surface area contributed by atoms with Crippen molar-refractivity contribution in [3.05, 3.63) is 24.3 Å². The van der Waals surface area contributed by atoms with Gasteiger partial charge in [0.2, 0.25) is 11.8 Å². The van der Waals surface area contributed by atoms with E-state index in [1.807, 2.05) is 29.2 Å². The van der Waals surface area contributed by atoms with Crippen LogP contribution in [0.15, 0.2) is 24.3 Å². The van der Waals surface area contributed by atoms with E-state index >= 15 is 0 Å². The summed E-state index contributed by atoms with van der Waals surface area (Å²) in [7, 11) is 1.65. The maximum absolute atomic E-state index is 12.7. The summed E-state index contributed by atoms with van der Waals surface area (Å²) in [6.45, 7) is 2.85. The number of hydrogen-bond donors (Lipinski definition) is 1. The van der Waals surface area contributed by atoms with E-state index in [1.165, 1.54) is 0 Å². The van der Waals surface area contributed by atoms with Gasteiger partial charge in [-0.1, -0.05) is 6.07 Å². The number of nitrogens with zero attached hydrogens (tertiary/aromatic N) is 2. The molecule has 150 valence electrons. The summed E-state index contributed by atoms with van der Waals surface area (Å²) >= 11 is 0. The molecule has 4 rings (SSSR count). The number of piperazine rings is 1. The molecule has 1 aromatic carbocycles. The number of rotatable bonds is 6. The van der Waals surface area contributed by atoms with Crippen LogP contribution in [0, 0.1) is 5.92 Å². The van der Waals surface area contributed by atoms with E-state index in [1.54, 1.807) is 7.11 Å². The Kier molecular flexibility index (Phi) is 5.00. The number of anilines is 1. The molecule has 3 aliphatic rings. The van der Waals surface area contributed by atoms with Gasteiger partial charge in [0.25, 0.3) is 0 Å². The summed E-state index contributed by atoms with van der Waals surface area (Å²) < 4.78 is 5.29. The van der Waals surface area contributed by atoms with E-state index in [9.17, 15) is 14.4 Å². The van der Waals surface area contributed by atoms with Gasteiger partial charge in [-0.05, 0) is 37.3 Å². The SMILES string of the molecule is COc1cccc(N2CCN(C(=O)CCC3(C4CC4)NC(=O)CC3=O)CC2)c1. The van der Waals surface area contributed by atoms with Crippen LogP contribution in [0.1, 0.15) is 32.1 Å². The van der Waals surface area contributed by atoms with Crippen LogP contribution in [-0.2, 0) is 14.4 Å². The highest BCUT2D eigenvalue weighted by atomic mass is 16.5. The highest BCUT2D eigenvalue weighted by Gasteiger charge is 2.55. The van der Waals surface area contributed by atoms with Gasteiger partial charge in [0.05, 0.1) is 13.5 Å². The number of amides is 2. The minimum Gasteiger partial charge on any atom is -0.497 e. The van der Waals surface area contributed by atoms with Crippen LogP contribution in [0.3, 0.4) is 0 Å². The minimum atomic E-state index is -0.783. The molecule has 2 aliphatic heterocycles. The first-order chi connectivity index (χ1) is 13.5. The highest BCUT2D eigenvalue weighted by Crippen LogP contribution is 2.45. The van der Waals surface area contributed by atoms with Crippen molar-refractivity contribution in [2.24, 2.45) is 5.92 Å². The number of methoxy groups -OCH3 is 1. The molecule has 0 spiro atoms. The van der Waals surface area contributed by atoms with Crippen LogP contribution in [0.2, 0.25) is 0 Å². The van der Waals surface area contributed by atoms with Gasteiger partial charge < -0.3 is 19.9 Å². The van der Waals surface area contributed by atoms with E-state index in [0.29, 0.717) is 25.9 Å². The van der Waals surface area contributed by atoms with E-state index in [-0.39, 0.29) is 29.9 Å². The summed E-state index contributed by atoms with van der Waals surface area (Å²) in [4.78, 5) is 41.0. The van der Waals surface area contributed by atoms with Crippen molar-refractivity contribution >= 4 is 23.3 Å². The fourth-order valence-electron chi connectivity index (χ4n) is 4.46. The molecule has 7 nitrogen and oxygen atoms in total. The predicted molar refractivity (Wildman–Crippen MR) is 104 cm³/mol. The normalized spacial score (nSPS) is 25.0. The molecule has 0 radical (unpaired) electrons. The Morgan fingerprint density at radius 3 is 2.57 bits per heavy atom. The summed E-state index contributed by atoms with van der Waals surface area (Å²) in [6.07, 6.45) is 2.61. The Hall–Kier alpha value is -2.57. The first kappa shape index (κ1) is 18.8. The lowest BCUT2D eigenvalue weighted by molar-refractivity contribution is -0.132.